The summed E-state index contributed by atoms with van der Waals surface area (Å²) in [6.07, 6.45) is 2.32. The Balaban J connectivity index is 1.52. The molecule has 0 aliphatic carbocycles. The Bertz CT molecular complexity index is 1420. The van der Waals surface area contributed by atoms with Crippen LogP contribution in [0.2, 0.25) is 15.1 Å². The monoisotopic (exact) mass is 582 g/mol. The van der Waals surface area contributed by atoms with E-state index < -0.39 is 22.5 Å². The average Bonchev–Trinajstić information content (AvgIpc) is 2.83. The molecule has 0 heterocycles. The highest BCUT2D eigenvalue weighted by Crippen LogP contribution is 2.33. The van der Waals surface area contributed by atoms with Crippen LogP contribution >= 0.6 is 34.8 Å². The van der Waals surface area contributed by atoms with Crippen LogP contribution in [-0.4, -0.2) is 45.9 Å². The summed E-state index contributed by atoms with van der Waals surface area (Å²) in [6, 6.07) is 17.8. The number of carbonyl (C=O) groups is 2. The number of ether oxygens (including phenoxy) is 1. The van der Waals surface area contributed by atoms with Crippen molar-refractivity contribution in [2.24, 2.45) is 5.10 Å². The van der Waals surface area contributed by atoms with Gasteiger partial charge in [0, 0.05) is 10.7 Å². The summed E-state index contributed by atoms with van der Waals surface area (Å²) >= 11 is 18.0. The minimum absolute atomic E-state index is 0.00939. The average molecular weight is 584 g/mol. The Hall–Kier alpha value is -3.31. The first-order chi connectivity index (χ1) is 17.5. The van der Waals surface area contributed by atoms with Gasteiger partial charge in [0.1, 0.15) is 12.3 Å². The third-order valence-corrected chi connectivity index (χ3v) is 6.82. The van der Waals surface area contributed by atoms with E-state index in [1.54, 1.807) is 48.5 Å². The SMILES string of the molecule is CS(=O)(=O)N(CC(=O)N/N=C/c1ccc(OCC(=O)Nc2cccc(Cl)c2)cc1)c1cccc(Cl)c1Cl. The molecule has 3 aromatic rings. The van der Waals surface area contributed by atoms with Crippen molar-refractivity contribution in [1.29, 1.82) is 0 Å². The zero-order valence-corrected chi connectivity index (χ0v) is 22.4. The minimum atomic E-state index is -3.84. The highest BCUT2D eigenvalue weighted by atomic mass is 35.5. The van der Waals surface area contributed by atoms with E-state index in [9.17, 15) is 18.0 Å². The fourth-order valence-electron chi connectivity index (χ4n) is 2.97. The van der Waals surface area contributed by atoms with Gasteiger partial charge >= 0.3 is 0 Å². The van der Waals surface area contributed by atoms with Crippen LogP contribution in [0.4, 0.5) is 11.4 Å². The lowest BCUT2D eigenvalue weighted by Gasteiger charge is -2.22. The topological polar surface area (TPSA) is 117 Å². The molecule has 13 heteroatoms. The number of nitrogens with one attached hydrogen (secondary N) is 2. The van der Waals surface area contributed by atoms with Crippen molar-refractivity contribution >= 4 is 74.2 Å². The van der Waals surface area contributed by atoms with Crippen molar-refractivity contribution in [3.05, 3.63) is 87.4 Å². The number of sulfonamides is 1. The summed E-state index contributed by atoms with van der Waals surface area (Å²) in [5, 5.41) is 7.19. The van der Waals surface area contributed by atoms with Crippen LogP contribution in [-0.2, 0) is 19.6 Å². The molecule has 0 saturated heterocycles. The lowest BCUT2D eigenvalue weighted by molar-refractivity contribution is -0.119. The van der Waals surface area contributed by atoms with Gasteiger partial charge in [-0.15, -0.1) is 0 Å². The molecule has 0 unspecified atom stereocenters. The van der Waals surface area contributed by atoms with E-state index in [0.717, 1.165) is 10.6 Å². The van der Waals surface area contributed by atoms with E-state index >= 15 is 0 Å². The van der Waals surface area contributed by atoms with Crippen LogP contribution in [0.5, 0.6) is 5.75 Å². The van der Waals surface area contributed by atoms with Gasteiger partial charge in [0.25, 0.3) is 11.8 Å². The van der Waals surface area contributed by atoms with Crippen LogP contribution < -0.4 is 19.8 Å². The number of benzene rings is 3. The standard InChI is InChI=1S/C24H21Cl3N4O5S/c1-37(34,35)31(21-7-3-6-20(26)24(21)27)14-22(32)30-28-13-16-8-10-19(11-9-16)36-15-23(33)29-18-5-2-4-17(25)12-18/h2-13H,14-15H2,1H3,(H,29,33)(H,30,32)/b28-13+. The maximum atomic E-state index is 12.3. The molecule has 3 aromatic carbocycles. The van der Waals surface area contributed by atoms with E-state index in [1.807, 2.05) is 0 Å². The zero-order chi connectivity index (χ0) is 27.0. The second-order valence-corrected chi connectivity index (χ2v) is 10.7. The lowest BCUT2D eigenvalue weighted by Crippen LogP contribution is -2.39. The molecule has 194 valence electrons. The molecular formula is C24H21Cl3N4O5S. The largest absolute Gasteiger partial charge is 0.484 e. The molecule has 0 atom stereocenters. The molecule has 0 radical (unpaired) electrons. The van der Waals surface area contributed by atoms with Crippen LogP contribution in [0, 0.1) is 0 Å². The summed E-state index contributed by atoms with van der Waals surface area (Å²) in [5.74, 6) is -0.592. The van der Waals surface area contributed by atoms with Crippen LogP contribution in [0.15, 0.2) is 71.8 Å². The van der Waals surface area contributed by atoms with Crippen LogP contribution in [0.3, 0.4) is 0 Å². The van der Waals surface area contributed by atoms with Gasteiger partial charge in [-0.25, -0.2) is 13.8 Å². The quantitative estimate of drug-likeness (QED) is 0.268. The first-order valence-corrected chi connectivity index (χ1v) is 13.5. The Morgan fingerprint density at radius 1 is 1.00 bits per heavy atom. The second-order valence-electron chi connectivity index (χ2n) is 7.55. The number of halogens is 3. The first-order valence-electron chi connectivity index (χ1n) is 10.5. The maximum Gasteiger partial charge on any atom is 0.262 e. The fraction of sp³-hybridized carbons (Fsp3) is 0.125. The number of hydrogen-bond acceptors (Lipinski definition) is 6. The normalized spacial score (nSPS) is 11.2. The smallest absolute Gasteiger partial charge is 0.262 e. The number of carbonyl (C=O) groups excluding carboxylic acids is 2. The third-order valence-electron chi connectivity index (χ3n) is 4.65. The molecule has 0 bridgehead atoms. The molecule has 2 amide bonds. The van der Waals surface area contributed by atoms with Crippen molar-refractivity contribution in [3.8, 4) is 5.75 Å². The third kappa shape index (κ3) is 8.64. The van der Waals surface area contributed by atoms with Gasteiger partial charge < -0.3 is 10.1 Å². The van der Waals surface area contributed by atoms with Crippen molar-refractivity contribution < 1.29 is 22.7 Å². The van der Waals surface area contributed by atoms with E-state index in [0.29, 0.717) is 22.0 Å². The highest BCUT2D eigenvalue weighted by molar-refractivity contribution is 7.92. The number of nitrogens with zero attached hydrogens (tertiary/aromatic N) is 2. The summed E-state index contributed by atoms with van der Waals surface area (Å²) in [7, 11) is -3.84. The summed E-state index contributed by atoms with van der Waals surface area (Å²) in [4.78, 5) is 24.4. The lowest BCUT2D eigenvalue weighted by atomic mass is 10.2. The number of hydrazone groups is 1. The van der Waals surface area contributed by atoms with Gasteiger partial charge in [0.2, 0.25) is 10.0 Å². The number of amides is 2. The first kappa shape index (κ1) is 28.3. The number of hydrogen-bond donors (Lipinski definition) is 2. The van der Waals surface area contributed by atoms with Gasteiger partial charge in [0.15, 0.2) is 6.61 Å². The summed E-state index contributed by atoms with van der Waals surface area (Å²) in [6.45, 7) is -0.760. The van der Waals surface area contributed by atoms with Gasteiger partial charge in [-0.3, -0.25) is 13.9 Å². The number of anilines is 2. The molecular weight excluding hydrogens is 563 g/mol. The molecule has 0 saturated carbocycles. The van der Waals surface area contributed by atoms with E-state index in [2.05, 4.69) is 15.8 Å². The maximum absolute atomic E-state index is 12.3. The molecule has 2 N–H and O–H groups in total. The second kappa shape index (κ2) is 12.8. The fourth-order valence-corrected chi connectivity index (χ4v) is 4.47. The molecule has 9 nitrogen and oxygen atoms in total. The van der Waals surface area contributed by atoms with Crippen molar-refractivity contribution in [2.45, 2.75) is 0 Å². The Morgan fingerprint density at radius 2 is 1.70 bits per heavy atom. The summed E-state index contributed by atoms with van der Waals surface area (Å²) in [5.41, 5.74) is 3.53. The molecule has 0 aliphatic heterocycles. The van der Waals surface area contributed by atoms with Gasteiger partial charge in [-0.05, 0) is 60.2 Å². The van der Waals surface area contributed by atoms with Gasteiger partial charge in [-0.1, -0.05) is 46.9 Å². The molecule has 3 rings (SSSR count). The predicted octanol–water partition coefficient (Wildman–Crippen LogP) is 4.58. The summed E-state index contributed by atoms with van der Waals surface area (Å²) < 4.78 is 30.7. The molecule has 0 fully saturated rings. The van der Waals surface area contributed by atoms with E-state index in [-0.39, 0.29) is 28.2 Å². The number of rotatable bonds is 10. The van der Waals surface area contributed by atoms with Crippen molar-refractivity contribution in [3.63, 3.8) is 0 Å². The molecule has 0 aromatic heterocycles. The Labute approximate surface area is 229 Å². The molecule has 37 heavy (non-hydrogen) atoms. The van der Waals surface area contributed by atoms with Crippen molar-refractivity contribution in [1.82, 2.24) is 5.43 Å². The molecule has 0 aliphatic rings. The Morgan fingerprint density at radius 3 is 2.38 bits per heavy atom. The van der Waals surface area contributed by atoms with Crippen LogP contribution in [0.25, 0.3) is 0 Å². The van der Waals surface area contributed by atoms with Crippen molar-refractivity contribution in [2.75, 3.05) is 29.0 Å². The van der Waals surface area contributed by atoms with E-state index in [1.165, 1.54) is 24.4 Å². The van der Waals surface area contributed by atoms with Crippen LogP contribution in [0.1, 0.15) is 5.56 Å². The molecule has 0 spiro atoms. The van der Waals surface area contributed by atoms with Gasteiger partial charge in [-0.2, -0.15) is 5.10 Å². The highest BCUT2D eigenvalue weighted by Gasteiger charge is 2.23. The Kier molecular flexibility index (Phi) is 9.76. The van der Waals surface area contributed by atoms with E-state index in [4.69, 9.17) is 39.5 Å². The van der Waals surface area contributed by atoms with Gasteiger partial charge in [0.05, 0.1) is 28.2 Å². The zero-order valence-electron chi connectivity index (χ0n) is 19.3. The predicted molar refractivity (Wildman–Crippen MR) is 146 cm³/mol. The minimum Gasteiger partial charge on any atom is -0.484 e.